The summed E-state index contributed by atoms with van der Waals surface area (Å²) in [6.07, 6.45) is 8.43. The number of hydrogen-bond acceptors (Lipinski definition) is 3. The van der Waals surface area contributed by atoms with Gasteiger partial charge < -0.3 is 10.1 Å². The van der Waals surface area contributed by atoms with Crippen LogP contribution in [0.15, 0.2) is 12.3 Å². The number of rotatable bonds is 8. The van der Waals surface area contributed by atoms with Crippen molar-refractivity contribution in [3.05, 3.63) is 18.0 Å². The standard InChI is InChI=1S/C17H31N3O/c1-5-15(6-2)20-11-10-14(19-20)12-16(18-7-3)17-9-8-13(4)21-17/h10-11,13,15-18H,5-9,12H2,1-4H3. The van der Waals surface area contributed by atoms with Crippen molar-refractivity contribution < 1.29 is 4.74 Å². The van der Waals surface area contributed by atoms with Gasteiger partial charge in [0.2, 0.25) is 0 Å². The first-order chi connectivity index (χ1) is 10.2. The molecular weight excluding hydrogens is 262 g/mol. The van der Waals surface area contributed by atoms with Crippen molar-refractivity contribution >= 4 is 0 Å². The van der Waals surface area contributed by atoms with Crippen LogP contribution in [0.5, 0.6) is 0 Å². The lowest BCUT2D eigenvalue weighted by Gasteiger charge is -2.23. The Bertz CT molecular complexity index is 414. The molecule has 1 aliphatic heterocycles. The smallest absolute Gasteiger partial charge is 0.0736 e. The van der Waals surface area contributed by atoms with Crippen LogP contribution in [0.3, 0.4) is 0 Å². The van der Waals surface area contributed by atoms with E-state index < -0.39 is 0 Å². The highest BCUT2D eigenvalue weighted by Gasteiger charge is 2.29. The molecule has 0 aromatic carbocycles. The van der Waals surface area contributed by atoms with Crippen molar-refractivity contribution in [3.63, 3.8) is 0 Å². The molecule has 0 aliphatic carbocycles. The Hall–Kier alpha value is -0.870. The quantitative estimate of drug-likeness (QED) is 0.799. The summed E-state index contributed by atoms with van der Waals surface area (Å²) in [6.45, 7) is 9.76. The zero-order valence-electron chi connectivity index (χ0n) is 14.0. The zero-order chi connectivity index (χ0) is 15.2. The second kappa shape index (κ2) is 7.95. The maximum Gasteiger partial charge on any atom is 0.0736 e. The Morgan fingerprint density at radius 1 is 1.33 bits per heavy atom. The lowest BCUT2D eigenvalue weighted by molar-refractivity contribution is 0.0321. The Kier molecular flexibility index (Phi) is 6.24. The molecule has 0 saturated carbocycles. The lowest BCUT2D eigenvalue weighted by Crippen LogP contribution is -2.41. The first-order valence-corrected chi connectivity index (χ1v) is 8.60. The van der Waals surface area contributed by atoms with Crippen molar-refractivity contribution in [3.8, 4) is 0 Å². The highest BCUT2D eigenvalue weighted by molar-refractivity contribution is 5.04. The van der Waals surface area contributed by atoms with E-state index in [0.717, 1.165) is 32.2 Å². The molecule has 3 unspecified atom stereocenters. The van der Waals surface area contributed by atoms with Crippen LogP contribution in [0.2, 0.25) is 0 Å². The average Bonchev–Trinajstić information content (AvgIpc) is 3.09. The fourth-order valence-corrected chi connectivity index (χ4v) is 3.30. The van der Waals surface area contributed by atoms with E-state index in [4.69, 9.17) is 9.84 Å². The molecule has 1 fully saturated rings. The molecule has 1 aromatic heterocycles. The van der Waals surface area contributed by atoms with Gasteiger partial charge in [0.15, 0.2) is 0 Å². The summed E-state index contributed by atoms with van der Waals surface area (Å²) in [7, 11) is 0. The third-order valence-corrected chi connectivity index (χ3v) is 4.59. The van der Waals surface area contributed by atoms with Gasteiger partial charge >= 0.3 is 0 Å². The second-order valence-corrected chi connectivity index (χ2v) is 6.19. The van der Waals surface area contributed by atoms with E-state index >= 15 is 0 Å². The Morgan fingerprint density at radius 2 is 2.10 bits per heavy atom. The van der Waals surface area contributed by atoms with Crippen molar-refractivity contribution in [2.75, 3.05) is 6.54 Å². The maximum atomic E-state index is 6.05. The van der Waals surface area contributed by atoms with Crippen molar-refractivity contribution in [2.45, 2.75) is 84.1 Å². The maximum absolute atomic E-state index is 6.05. The fraction of sp³-hybridized carbons (Fsp3) is 0.824. The van der Waals surface area contributed by atoms with Gasteiger partial charge in [0.05, 0.1) is 23.9 Å². The summed E-state index contributed by atoms with van der Waals surface area (Å²) in [5, 5.41) is 8.37. The average molecular weight is 293 g/mol. The molecule has 0 spiro atoms. The lowest BCUT2D eigenvalue weighted by atomic mass is 10.0. The normalized spacial score (nSPS) is 23.9. The number of nitrogens with one attached hydrogen (secondary N) is 1. The van der Waals surface area contributed by atoms with E-state index in [1.807, 2.05) is 0 Å². The summed E-state index contributed by atoms with van der Waals surface area (Å²) >= 11 is 0. The third-order valence-electron chi connectivity index (χ3n) is 4.59. The van der Waals surface area contributed by atoms with Crippen molar-refractivity contribution in [2.24, 2.45) is 0 Å². The first-order valence-electron chi connectivity index (χ1n) is 8.60. The number of likely N-dealkylation sites (N-methyl/N-ethyl adjacent to an activating group) is 1. The highest BCUT2D eigenvalue weighted by Crippen LogP contribution is 2.23. The molecule has 1 saturated heterocycles. The molecule has 2 rings (SSSR count). The van der Waals surface area contributed by atoms with Crippen LogP contribution in [-0.2, 0) is 11.2 Å². The van der Waals surface area contributed by atoms with Gasteiger partial charge in [-0.25, -0.2) is 0 Å². The monoisotopic (exact) mass is 293 g/mol. The topological polar surface area (TPSA) is 39.1 Å². The minimum absolute atomic E-state index is 0.332. The molecule has 2 heterocycles. The van der Waals surface area contributed by atoms with Gasteiger partial charge in [-0.2, -0.15) is 5.10 Å². The summed E-state index contributed by atoms with van der Waals surface area (Å²) in [4.78, 5) is 0. The zero-order valence-corrected chi connectivity index (χ0v) is 14.0. The van der Waals surface area contributed by atoms with Crippen molar-refractivity contribution in [1.29, 1.82) is 0 Å². The van der Waals surface area contributed by atoms with Crippen LogP contribution in [0.25, 0.3) is 0 Å². The van der Waals surface area contributed by atoms with Crippen molar-refractivity contribution in [1.82, 2.24) is 15.1 Å². The summed E-state index contributed by atoms with van der Waals surface area (Å²) < 4.78 is 8.18. The Labute approximate surface area is 129 Å². The molecule has 0 bridgehead atoms. The van der Waals surface area contributed by atoms with Gasteiger partial charge in [0.1, 0.15) is 0 Å². The van der Waals surface area contributed by atoms with Gasteiger partial charge in [-0.3, -0.25) is 4.68 Å². The number of ether oxygens (including phenoxy) is 1. The third kappa shape index (κ3) is 4.30. The van der Waals surface area contributed by atoms with Crippen LogP contribution in [0, 0.1) is 0 Å². The molecule has 1 aromatic rings. The van der Waals surface area contributed by atoms with Gasteiger partial charge in [-0.05, 0) is 45.2 Å². The van der Waals surface area contributed by atoms with Crippen LogP contribution in [0.4, 0.5) is 0 Å². The van der Waals surface area contributed by atoms with Gasteiger partial charge in [0.25, 0.3) is 0 Å². The Morgan fingerprint density at radius 3 is 2.67 bits per heavy atom. The summed E-state index contributed by atoms with van der Waals surface area (Å²) in [5.74, 6) is 0. The van der Waals surface area contributed by atoms with E-state index in [1.54, 1.807) is 0 Å². The Balaban J connectivity index is 2.00. The molecule has 120 valence electrons. The highest BCUT2D eigenvalue weighted by atomic mass is 16.5. The van der Waals surface area contributed by atoms with E-state index in [0.29, 0.717) is 24.3 Å². The van der Waals surface area contributed by atoms with E-state index in [-0.39, 0.29) is 0 Å². The van der Waals surface area contributed by atoms with E-state index in [9.17, 15) is 0 Å². The molecule has 3 atom stereocenters. The molecule has 0 radical (unpaired) electrons. The van der Waals surface area contributed by atoms with Crippen LogP contribution in [-0.4, -0.2) is 34.6 Å². The number of hydrogen-bond donors (Lipinski definition) is 1. The molecule has 1 aliphatic rings. The van der Waals surface area contributed by atoms with E-state index in [2.05, 4.69) is 50.0 Å². The second-order valence-electron chi connectivity index (χ2n) is 6.19. The number of nitrogens with zero attached hydrogens (tertiary/aromatic N) is 2. The van der Waals surface area contributed by atoms with Gasteiger partial charge in [-0.15, -0.1) is 0 Å². The summed E-state index contributed by atoms with van der Waals surface area (Å²) in [5.41, 5.74) is 1.18. The molecule has 4 nitrogen and oxygen atoms in total. The van der Waals surface area contributed by atoms with Gasteiger partial charge in [0, 0.05) is 18.7 Å². The van der Waals surface area contributed by atoms with Crippen LogP contribution in [0.1, 0.15) is 65.1 Å². The van der Waals surface area contributed by atoms with E-state index in [1.165, 1.54) is 12.1 Å². The predicted octanol–water partition coefficient (Wildman–Crippen LogP) is 3.33. The van der Waals surface area contributed by atoms with Crippen LogP contribution >= 0.6 is 0 Å². The predicted molar refractivity (Wildman–Crippen MR) is 86.6 cm³/mol. The first kappa shape index (κ1) is 16.5. The minimum Gasteiger partial charge on any atom is -0.374 e. The molecule has 21 heavy (non-hydrogen) atoms. The minimum atomic E-state index is 0.332. The molecule has 4 heteroatoms. The molecule has 0 amide bonds. The number of aromatic nitrogens is 2. The molecule has 1 N–H and O–H groups in total. The van der Waals surface area contributed by atoms with Crippen LogP contribution < -0.4 is 5.32 Å². The SMILES string of the molecule is CCNC(Cc1ccn(C(CC)CC)n1)C1CCC(C)O1. The molecular formula is C17H31N3O. The fourth-order valence-electron chi connectivity index (χ4n) is 3.30. The summed E-state index contributed by atoms with van der Waals surface area (Å²) in [6, 6.07) is 3.07. The largest absolute Gasteiger partial charge is 0.374 e. The van der Waals surface area contributed by atoms with Gasteiger partial charge in [-0.1, -0.05) is 20.8 Å².